The van der Waals surface area contributed by atoms with E-state index in [1.807, 2.05) is 37.5 Å². The molecule has 0 saturated carbocycles. The minimum Gasteiger partial charge on any atom is -0.497 e. The van der Waals surface area contributed by atoms with E-state index in [0.717, 1.165) is 12.1 Å². The van der Waals surface area contributed by atoms with Gasteiger partial charge in [-0.05, 0) is 48.7 Å². The van der Waals surface area contributed by atoms with Gasteiger partial charge in [-0.3, -0.25) is 4.79 Å². The molecule has 1 atom stereocenters. The van der Waals surface area contributed by atoms with Gasteiger partial charge in [0.1, 0.15) is 23.0 Å². The van der Waals surface area contributed by atoms with E-state index in [0.29, 0.717) is 49.0 Å². The van der Waals surface area contributed by atoms with Gasteiger partial charge in [-0.2, -0.15) is 13.2 Å². The molecule has 1 fully saturated rings. The summed E-state index contributed by atoms with van der Waals surface area (Å²) in [4.78, 5) is 21.4. The Morgan fingerprint density at radius 1 is 1.11 bits per heavy atom. The quantitative estimate of drug-likeness (QED) is 0.530. The molecule has 0 radical (unpaired) electrons. The molecule has 2 aromatic carbocycles. The molecule has 1 saturated heterocycles. The van der Waals surface area contributed by atoms with Crippen LogP contribution in [0.4, 0.5) is 18.9 Å². The van der Waals surface area contributed by atoms with Crippen LogP contribution in [0, 0.1) is 5.41 Å². The van der Waals surface area contributed by atoms with Gasteiger partial charge in [0.25, 0.3) is 0 Å². The predicted molar refractivity (Wildman–Crippen MR) is 128 cm³/mol. The number of carbonyl (C=O) groups excluding carboxylic acids is 1. The second kappa shape index (κ2) is 9.09. The fraction of sp³-hybridized carbons (Fsp3) is 0.462. The van der Waals surface area contributed by atoms with Crippen molar-refractivity contribution in [3.63, 3.8) is 0 Å². The molecule has 2 aromatic rings. The average Bonchev–Trinajstić information content (AvgIpc) is 2.92. The molecule has 2 aliphatic rings. The molecule has 35 heavy (non-hydrogen) atoms. The average molecular weight is 490 g/mol. The van der Waals surface area contributed by atoms with Gasteiger partial charge in [-0.25, -0.2) is 4.99 Å². The molecule has 2 aliphatic heterocycles. The summed E-state index contributed by atoms with van der Waals surface area (Å²) >= 11 is 0. The van der Waals surface area contributed by atoms with Crippen LogP contribution in [0.15, 0.2) is 41.4 Å². The minimum atomic E-state index is -4.50. The summed E-state index contributed by atoms with van der Waals surface area (Å²) in [6.07, 6.45) is -4.06. The maximum Gasteiger partial charge on any atom is 0.416 e. The number of halogens is 3. The highest BCUT2D eigenvalue weighted by Crippen LogP contribution is 2.42. The van der Waals surface area contributed by atoms with Crippen LogP contribution in [0.1, 0.15) is 45.2 Å². The van der Waals surface area contributed by atoms with Crippen molar-refractivity contribution >= 4 is 17.4 Å². The van der Waals surface area contributed by atoms with Crippen molar-refractivity contribution in [3.8, 4) is 17.2 Å². The second-order valence-electron chi connectivity index (χ2n) is 10.2. The smallest absolute Gasteiger partial charge is 0.416 e. The number of amidine groups is 1. The molecule has 1 amide bonds. The zero-order valence-electron chi connectivity index (χ0n) is 20.6. The molecule has 9 heteroatoms. The van der Waals surface area contributed by atoms with Crippen LogP contribution >= 0.6 is 0 Å². The summed E-state index contributed by atoms with van der Waals surface area (Å²) in [6, 6.07) is 8.42. The highest BCUT2D eigenvalue weighted by Gasteiger charge is 2.35. The number of rotatable bonds is 2. The SMILES string of the molecule is COc1ccc2c(c1)C(N1CCN(C(=O)CC(C)(C)C)[C@@H](C)C1)=Nc1cc(C(F)(F)F)ccc1O2. The number of benzene rings is 2. The van der Waals surface area contributed by atoms with Crippen molar-refractivity contribution in [2.75, 3.05) is 26.7 Å². The zero-order chi connectivity index (χ0) is 25.5. The van der Waals surface area contributed by atoms with Crippen LogP contribution in [0.25, 0.3) is 0 Å². The van der Waals surface area contributed by atoms with E-state index >= 15 is 0 Å². The lowest BCUT2D eigenvalue weighted by atomic mass is 9.91. The Hall–Kier alpha value is -3.23. The van der Waals surface area contributed by atoms with Crippen LogP contribution in [0.2, 0.25) is 0 Å². The third kappa shape index (κ3) is 5.39. The molecule has 2 heterocycles. The highest BCUT2D eigenvalue weighted by molar-refractivity contribution is 6.04. The Kier molecular flexibility index (Phi) is 6.46. The van der Waals surface area contributed by atoms with Gasteiger partial charge in [-0.15, -0.1) is 0 Å². The molecule has 0 N–H and O–H groups in total. The number of fused-ring (bicyclic) bond motifs is 2. The summed E-state index contributed by atoms with van der Waals surface area (Å²) in [5.41, 5.74) is -0.191. The lowest BCUT2D eigenvalue weighted by Crippen LogP contribution is -2.56. The van der Waals surface area contributed by atoms with Gasteiger partial charge in [0.05, 0.1) is 18.2 Å². The summed E-state index contributed by atoms with van der Waals surface area (Å²) < 4.78 is 51.6. The number of nitrogens with zero attached hydrogens (tertiary/aromatic N) is 3. The first-order chi connectivity index (χ1) is 16.4. The van der Waals surface area contributed by atoms with Crippen molar-refractivity contribution < 1.29 is 27.4 Å². The van der Waals surface area contributed by atoms with Crippen molar-refractivity contribution in [2.45, 2.75) is 46.3 Å². The van der Waals surface area contributed by atoms with Crippen LogP contribution in [-0.2, 0) is 11.0 Å². The third-order valence-electron chi connectivity index (χ3n) is 6.09. The fourth-order valence-electron chi connectivity index (χ4n) is 4.38. The second-order valence-corrected chi connectivity index (χ2v) is 10.2. The minimum absolute atomic E-state index is 0.0954. The van der Waals surface area contributed by atoms with Crippen molar-refractivity contribution in [3.05, 3.63) is 47.5 Å². The van der Waals surface area contributed by atoms with Gasteiger partial charge in [-0.1, -0.05) is 20.8 Å². The highest BCUT2D eigenvalue weighted by atomic mass is 19.4. The molecular weight excluding hydrogens is 459 g/mol. The number of hydrogen-bond donors (Lipinski definition) is 0. The Morgan fingerprint density at radius 2 is 1.83 bits per heavy atom. The number of piperazine rings is 1. The first-order valence-electron chi connectivity index (χ1n) is 11.6. The lowest BCUT2D eigenvalue weighted by molar-refractivity contribution is -0.138. The Bertz CT molecular complexity index is 1150. The van der Waals surface area contributed by atoms with Gasteiger partial charge in [0.15, 0.2) is 5.75 Å². The number of carbonyl (C=O) groups is 1. The van der Waals surface area contributed by atoms with Crippen LogP contribution in [-0.4, -0.2) is 54.3 Å². The number of alkyl halides is 3. The number of amides is 1. The van der Waals surface area contributed by atoms with Crippen LogP contribution in [0.5, 0.6) is 17.2 Å². The summed E-state index contributed by atoms with van der Waals surface area (Å²) in [7, 11) is 1.54. The van der Waals surface area contributed by atoms with Gasteiger partial charge in [0, 0.05) is 32.1 Å². The maximum absolute atomic E-state index is 13.4. The monoisotopic (exact) mass is 489 g/mol. The number of hydrogen-bond acceptors (Lipinski definition) is 5. The fourth-order valence-corrected chi connectivity index (χ4v) is 4.38. The Balaban J connectivity index is 1.72. The molecule has 4 rings (SSSR count). The van der Waals surface area contributed by atoms with Crippen molar-refractivity contribution in [1.82, 2.24) is 9.80 Å². The molecule has 0 spiro atoms. The normalized spacial score (nSPS) is 18.2. The topological polar surface area (TPSA) is 54.4 Å². The van der Waals surface area contributed by atoms with Gasteiger partial charge < -0.3 is 19.3 Å². The van der Waals surface area contributed by atoms with Crippen LogP contribution in [0.3, 0.4) is 0 Å². The summed E-state index contributed by atoms with van der Waals surface area (Å²) in [5.74, 6) is 1.88. The molecule has 188 valence electrons. The molecule has 0 unspecified atom stereocenters. The molecular formula is C26H30F3N3O3. The third-order valence-corrected chi connectivity index (χ3v) is 6.09. The standard InChI is InChI=1S/C26H30F3N3O3/c1-16-15-31(10-11-32(16)23(33)14-25(2,3)4)24-19-13-18(34-5)7-9-21(19)35-22-8-6-17(26(27,28)29)12-20(22)30-24/h6-9,12-13,16H,10-11,14-15H2,1-5H3/t16-/m0/s1. The first-order valence-corrected chi connectivity index (χ1v) is 11.6. The largest absolute Gasteiger partial charge is 0.497 e. The molecule has 0 aromatic heterocycles. The lowest BCUT2D eigenvalue weighted by Gasteiger charge is -2.42. The van der Waals surface area contributed by atoms with Crippen molar-refractivity contribution in [1.29, 1.82) is 0 Å². The van der Waals surface area contributed by atoms with Gasteiger partial charge >= 0.3 is 6.18 Å². The van der Waals surface area contributed by atoms with E-state index in [1.54, 1.807) is 25.3 Å². The van der Waals surface area contributed by atoms with E-state index < -0.39 is 11.7 Å². The summed E-state index contributed by atoms with van der Waals surface area (Å²) in [5, 5.41) is 0. The van der Waals surface area contributed by atoms with E-state index in [4.69, 9.17) is 9.47 Å². The predicted octanol–water partition coefficient (Wildman–Crippen LogP) is 5.87. The molecule has 0 aliphatic carbocycles. The molecule has 6 nitrogen and oxygen atoms in total. The van der Waals surface area contributed by atoms with E-state index in [9.17, 15) is 18.0 Å². The van der Waals surface area contributed by atoms with E-state index in [2.05, 4.69) is 4.99 Å². The van der Waals surface area contributed by atoms with Crippen LogP contribution < -0.4 is 9.47 Å². The molecule has 0 bridgehead atoms. The maximum atomic E-state index is 13.4. The van der Waals surface area contributed by atoms with Crippen molar-refractivity contribution in [2.24, 2.45) is 10.4 Å². The Morgan fingerprint density at radius 3 is 2.46 bits per heavy atom. The number of aliphatic imine (C=N–C) groups is 1. The van der Waals surface area contributed by atoms with Gasteiger partial charge in [0.2, 0.25) is 5.91 Å². The van der Waals surface area contributed by atoms with E-state index in [-0.39, 0.29) is 28.8 Å². The Labute approximate surface area is 203 Å². The zero-order valence-corrected chi connectivity index (χ0v) is 20.6. The van der Waals surface area contributed by atoms with E-state index in [1.165, 1.54) is 6.07 Å². The number of methoxy groups -OCH3 is 1. The number of ether oxygens (including phenoxy) is 2. The first kappa shape index (κ1) is 24.9. The summed E-state index contributed by atoms with van der Waals surface area (Å²) in [6.45, 7) is 9.53.